The van der Waals surface area contributed by atoms with Crippen molar-refractivity contribution < 1.29 is 19.1 Å². The van der Waals surface area contributed by atoms with Crippen molar-refractivity contribution in [1.29, 1.82) is 0 Å². The van der Waals surface area contributed by atoms with E-state index < -0.39 is 29.5 Å². The fraction of sp³-hybridized carbons (Fsp3) is 0.833. The highest BCUT2D eigenvalue weighted by Crippen LogP contribution is 2.18. The van der Waals surface area contributed by atoms with E-state index in [0.717, 1.165) is 6.42 Å². The molecular weight excluding hydrogens is 272 g/mol. The predicted octanol–water partition coefficient (Wildman–Crippen LogP) is 2.65. The molecule has 0 radical (unpaired) electrons. The molecule has 1 unspecified atom stereocenters. The van der Waals surface area contributed by atoms with Gasteiger partial charge in [-0.15, -0.1) is 0 Å². The molecule has 2 amide bonds. The third kappa shape index (κ3) is 5.55. The summed E-state index contributed by atoms with van der Waals surface area (Å²) in [4.78, 5) is 24.9. The molecule has 0 saturated carbocycles. The van der Waals surface area contributed by atoms with Gasteiger partial charge in [-0.2, -0.15) is 0 Å². The van der Waals surface area contributed by atoms with Crippen LogP contribution in [0.3, 0.4) is 0 Å². The monoisotopic (exact) mass is 292 g/mol. The van der Waals surface area contributed by atoms with Gasteiger partial charge in [0, 0.05) is 6.54 Å². The third-order valence-electron chi connectivity index (χ3n) is 2.43. The normalized spacial score (nSPS) is 20.9. The number of likely N-dealkylation sites (tertiary alicyclic amines) is 1. The van der Waals surface area contributed by atoms with E-state index in [0.29, 0.717) is 13.0 Å². The topological polar surface area (TPSA) is 67.9 Å². The van der Waals surface area contributed by atoms with Crippen LogP contribution in [0.1, 0.15) is 40.5 Å². The molecule has 0 aromatic carbocycles. The summed E-state index contributed by atoms with van der Waals surface area (Å²) in [5, 5.41) is 2.66. The van der Waals surface area contributed by atoms with Crippen LogP contribution in [-0.2, 0) is 9.47 Å². The second kappa shape index (κ2) is 6.32. The lowest BCUT2D eigenvalue weighted by molar-refractivity contribution is 0.0426. The number of nitrogens with one attached hydrogen (secondary N) is 1. The van der Waals surface area contributed by atoms with Crippen LogP contribution in [0.4, 0.5) is 9.59 Å². The number of ether oxygens (including phenoxy) is 2. The van der Waals surface area contributed by atoms with Crippen molar-refractivity contribution in [1.82, 2.24) is 10.2 Å². The van der Waals surface area contributed by atoms with Crippen molar-refractivity contribution in [3.8, 4) is 0 Å². The van der Waals surface area contributed by atoms with E-state index in [9.17, 15) is 9.59 Å². The van der Waals surface area contributed by atoms with E-state index in [2.05, 4.69) is 5.32 Å². The first-order chi connectivity index (χ1) is 8.69. The molecule has 6 nitrogen and oxygen atoms in total. The van der Waals surface area contributed by atoms with Crippen molar-refractivity contribution in [3.05, 3.63) is 0 Å². The number of nitrogens with zero attached hydrogens (tertiary/aromatic N) is 1. The summed E-state index contributed by atoms with van der Waals surface area (Å²) in [7, 11) is 0. The summed E-state index contributed by atoms with van der Waals surface area (Å²) in [6.07, 6.45) is -0.00742. The Kier molecular flexibility index (Phi) is 5.29. The number of halogens is 1. The van der Waals surface area contributed by atoms with Crippen molar-refractivity contribution in [2.45, 2.75) is 57.9 Å². The van der Waals surface area contributed by atoms with Gasteiger partial charge in [0.15, 0.2) is 5.56 Å². The third-order valence-corrected chi connectivity index (χ3v) is 2.52. The van der Waals surface area contributed by atoms with E-state index in [-0.39, 0.29) is 0 Å². The Balaban J connectivity index is 2.52. The van der Waals surface area contributed by atoms with E-state index in [1.807, 2.05) is 0 Å². The summed E-state index contributed by atoms with van der Waals surface area (Å²) >= 11 is 5.61. The van der Waals surface area contributed by atoms with Crippen molar-refractivity contribution >= 4 is 23.8 Å². The van der Waals surface area contributed by atoms with Crippen molar-refractivity contribution in [2.24, 2.45) is 0 Å². The first kappa shape index (κ1) is 15.9. The first-order valence-electron chi connectivity index (χ1n) is 6.30. The van der Waals surface area contributed by atoms with Gasteiger partial charge in [-0.25, -0.2) is 9.59 Å². The lowest BCUT2D eigenvalue weighted by Gasteiger charge is -2.27. The van der Waals surface area contributed by atoms with Gasteiger partial charge in [0.2, 0.25) is 0 Å². The Morgan fingerprint density at radius 2 is 2.05 bits per heavy atom. The molecule has 0 bridgehead atoms. The molecule has 1 aliphatic heterocycles. The van der Waals surface area contributed by atoms with Crippen LogP contribution in [0.15, 0.2) is 0 Å². The van der Waals surface area contributed by atoms with Gasteiger partial charge >= 0.3 is 12.2 Å². The van der Waals surface area contributed by atoms with Crippen LogP contribution < -0.4 is 5.32 Å². The highest BCUT2D eigenvalue weighted by atomic mass is 35.5. The largest absolute Gasteiger partial charge is 0.444 e. The van der Waals surface area contributed by atoms with Gasteiger partial charge in [0.05, 0.1) is 0 Å². The standard InChI is InChI=1S/C12H21ClN2O4/c1-8(13)18-11(17)15-7-5-6-9(15)14-10(16)19-12(2,3)4/h8-9H,5-7H2,1-4H3,(H,14,16)/t8?,9-/m0/s1. The Labute approximate surface area is 118 Å². The fourth-order valence-corrected chi connectivity index (χ4v) is 1.86. The van der Waals surface area contributed by atoms with Crippen molar-refractivity contribution in [3.63, 3.8) is 0 Å². The van der Waals surface area contributed by atoms with E-state index in [1.54, 1.807) is 27.7 Å². The second-order valence-electron chi connectivity index (χ2n) is 5.42. The number of amides is 2. The molecule has 1 fully saturated rings. The molecule has 1 N–H and O–H groups in total. The van der Waals surface area contributed by atoms with Gasteiger partial charge in [0.25, 0.3) is 0 Å². The van der Waals surface area contributed by atoms with E-state index in [1.165, 1.54) is 4.90 Å². The fourth-order valence-electron chi connectivity index (χ4n) is 1.79. The molecular formula is C12H21ClN2O4. The van der Waals surface area contributed by atoms with Crippen LogP contribution in [0.25, 0.3) is 0 Å². The summed E-state index contributed by atoms with van der Waals surface area (Å²) < 4.78 is 10.1. The number of carbonyl (C=O) groups excluding carboxylic acids is 2. The molecule has 1 aliphatic rings. The lowest BCUT2D eigenvalue weighted by Crippen LogP contribution is -2.48. The highest BCUT2D eigenvalue weighted by molar-refractivity contribution is 6.19. The van der Waals surface area contributed by atoms with Gasteiger partial charge in [-0.1, -0.05) is 11.6 Å². The summed E-state index contributed by atoms with van der Waals surface area (Å²) in [5.41, 5.74) is -1.27. The molecule has 0 aliphatic carbocycles. The number of alkyl carbamates (subject to hydrolysis) is 1. The molecule has 1 rings (SSSR count). The molecule has 2 atom stereocenters. The zero-order valence-corrected chi connectivity index (χ0v) is 12.5. The maximum Gasteiger partial charge on any atom is 0.412 e. The maximum atomic E-state index is 11.8. The zero-order valence-electron chi connectivity index (χ0n) is 11.7. The minimum Gasteiger partial charge on any atom is -0.444 e. The number of rotatable bonds is 2. The quantitative estimate of drug-likeness (QED) is 0.795. The molecule has 110 valence electrons. The molecule has 1 saturated heterocycles. The number of hydrogen-bond acceptors (Lipinski definition) is 4. The molecule has 19 heavy (non-hydrogen) atoms. The van der Waals surface area contributed by atoms with Gasteiger partial charge < -0.3 is 14.8 Å². The Morgan fingerprint density at radius 1 is 1.42 bits per heavy atom. The SMILES string of the molecule is CC(Cl)OC(=O)N1CCC[C@H]1NC(=O)OC(C)(C)C. The molecule has 0 aromatic heterocycles. The van der Waals surface area contributed by atoms with E-state index in [4.69, 9.17) is 21.1 Å². The molecule has 0 aromatic rings. The van der Waals surface area contributed by atoms with Gasteiger partial charge in [-0.05, 0) is 40.5 Å². The Hall–Kier alpha value is -1.17. The summed E-state index contributed by atoms with van der Waals surface area (Å²) in [6, 6.07) is 0. The second-order valence-corrected chi connectivity index (χ2v) is 6.04. The van der Waals surface area contributed by atoms with Gasteiger partial charge in [0.1, 0.15) is 11.8 Å². The van der Waals surface area contributed by atoms with Crippen LogP contribution in [0, 0.1) is 0 Å². The number of hydrogen-bond donors (Lipinski definition) is 1. The van der Waals surface area contributed by atoms with Gasteiger partial charge in [-0.3, -0.25) is 4.90 Å². The maximum absolute atomic E-state index is 11.8. The minimum atomic E-state index is -0.699. The lowest BCUT2D eigenvalue weighted by atomic mass is 10.2. The average Bonchev–Trinajstić information content (AvgIpc) is 2.61. The van der Waals surface area contributed by atoms with E-state index >= 15 is 0 Å². The molecule has 0 spiro atoms. The number of carbonyl (C=O) groups is 2. The van der Waals surface area contributed by atoms with Crippen LogP contribution in [0.5, 0.6) is 0 Å². The number of alkyl halides is 1. The zero-order chi connectivity index (χ0) is 14.6. The first-order valence-corrected chi connectivity index (χ1v) is 6.73. The Morgan fingerprint density at radius 3 is 2.58 bits per heavy atom. The average molecular weight is 293 g/mol. The smallest absolute Gasteiger partial charge is 0.412 e. The highest BCUT2D eigenvalue weighted by Gasteiger charge is 2.32. The Bertz CT molecular complexity index is 341. The minimum absolute atomic E-state index is 0.405. The predicted molar refractivity (Wildman–Crippen MR) is 70.9 cm³/mol. The molecule has 7 heteroatoms. The van der Waals surface area contributed by atoms with Crippen LogP contribution in [-0.4, -0.2) is 41.0 Å². The summed E-state index contributed by atoms with van der Waals surface area (Å²) in [5.74, 6) is 0. The van der Waals surface area contributed by atoms with Crippen LogP contribution in [0.2, 0.25) is 0 Å². The molecule has 1 heterocycles. The van der Waals surface area contributed by atoms with Crippen LogP contribution >= 0.6 is 11.6 Å². The summed E-state index contributed by atoms with van der Waals surface area (Å²) in [6.45, 7) is 7.43. The van der Waals surface area contributed by atoms with Crippen molar-refractivity contribution in [2.75, 3.05) is 6.54 Å².